The third kappa shape index (κ3) is 2.13. The van der Waals surface area contributed by atoms with Gasteiger partial charge in [-0.2, -0.15) is 0 Å². The van der Waals surface area contributed by atoms with Crippen LogP contribution in [-0.2, 0) is 11.2 Å². The van der Waals surface area contributed by atoms with Crippen LogP contribution in [0.25, 0.3) is 0 Å². The Hall–Kier alpha value is -0.860. The van der Waals surface area contributed by atoms with Crippen LogP contribution >= 0.6 is 0 Å². The first-order valence-corrected chi connectivity index (χ1v) is 6.12. The van der Waals surface area contributed by atoms with E-state index in [0.29, 0.717) is 5.92 Å². The van der Waals surface area contributed by atoms with Crippen LogP contribution in [0.15, 0.2) is 24.3 Å². The number of nitrogens with two attached hydrogens (primary N) is 1. The normalized spacial score (nSPS) is 22.1. The standard InChI is InChI=1S/C14H21NO/c1-3-14(16-2)13(15)9-11-8-10-6-4-5-7-12(10)11/h4-7,11,13-14H,3,8-9,15H2,1-2H3. The summed E-state index contributed by atoms with van der Waals surface area (Å²) in [5.41, 5.74) is 9.16. The predicted molar refractivity (Wildman–Crippen MR) is 66.6 cm³/mol. The molecule has 2 N–H and O–H groups in total. The van der Waals surface area contributed by atoms with Crippen LogP contribution in [0.2, 0.25) is 0 Å². The summed E-state index contributed by atoms with van der Waals surface area (Å²) in [6.45, 7) is 2.13. The SMILES string of the molecule is CCC(OC)C(N)CC1Cc2ccccc21. The van der Waals surface area contributed by atoms with Gasteiger partial charge in [0.25, 0.3) is 0 Å². The second kappa shape index (κ2) is 4.98. The predicted octanol–water partition coefficient (Wildman–Crippen LogP) is 2.47. The maximum Gasteiger partial charge on any atom is 0.0719 e. The molecule has 2 nitrogen and oxygen atoms in total. The highest BCUT2D eigenvalue weighted by Crippen LogP contribution is 2.38. The van der Waals surface area contributed by atoms with E-state index in [4.69, 9.17) is 10.5 Å². The van der Waals surface area contributed by atoms with Crippen molar-refractivity contribution in [2.24, 2.45) is 5.73 Å². The number of ether oxygens (including phenoxy) is 1. The summed E-state index contributed by atoms with van der Waals surface area (Å²) in [6, 6.07) is 8.83. The second-order valence-electron chi connectivity index (χ2n) is 4.68. The molecule has 1 aliphatic carbocycles. The molecular weight excluding hydrogens is 198 g/mol. The maximum absolute atomic E-state index is 6.18. The van der Waals surface area contributed by atoms with Gasteiger partial charge in [-0.05, 0) is 36.3 Å². The third-order valence-electron chi connectivity index (χ3n) is 3.70. The molecule has 0 saturated carbocycles. The fraction of sp³-hybridized carbons (Fsp3) is 0.571. The van der Waals surface area contributed by atoms with Crippen molar-refractivity contribution in [1.82, 2.24) is 0 Å². The number of rotatable bonds is 5. The minimum atomic E-state index is 0.161. The lowest BCUT2D eigenvalue weighted by Gasteiger charge is -2.33. The second-order valence-corrected chi connectivity index (χ2v) is 4.68. The Morgan fingerprint density at radius 2 is 2.19 bits per heavy atom. The Morgan fingerprint density at radius 3 is 2.81 bits per heavy atom. The molecule has 0 spiro atoms. The van der Waals surface area contributed by atoms with Crippen molar-refractivity contribution in [2.45, 2.75) is 44.2 Å². The third-order valence-corrected chi connectivity index (χ3v) is 3.70. The molecule has 1 aliphatic rings. The molecule has 0 saturated heterocycles. The highest BCUT2D eigenvalue weighted by atomic mass is 16.5. The van der Waals surface area contributed by atoms with Gasteiger partial charge in [-0.25, -0.2) is 0 Å². The topological polar surface area (TPSA) is 35.2 Å². The summed E-state index contributed by atoms with van der Waals surface area (Å²) in [4.78, 5) is 0. The first-order chi connectivity index (χ1) is 7.76. The van der Waals surface area contributed by atoms with Gasteiger partial charge < -0.3 is 10.5 Å². The molecule has 0 radical (unpaired) electrons. The molecule has 0 fully saturated rings. The molecular formula is C14H21NO. The number of methoxy groups -OCH3 is 1. The first-order valence-electron chi connectivity index (χ1n) is 6.12. The monoisotopic (exact) mass is 219 g/mol. The minimum absolute atomic E-state index is 0.161. The van der Waals surface area contributed by atoms with E-state index in [2.05, 4.69) is 31.2 Å². The average molecular weight is 219 g/mol. The average Bonchev–Trinajstić information content (AvgIpc) is 2.27. The van der Waals surface area contributed by atoms with Gasteiger partial charge in [-0.15, -0.1) is 0 Å². The molecule has 2 rings (SSSR count). The van der Waals surface area contributed by atoms with Crippen LogP contribution in [0.1, 0.15) is 36.8 Å². The van der Waals surface area contributed by atoms with Gasteiger partial charge in [-0.3, -0.25) is 0 Å². The highest BCUT2D eigenvalue weighted by Gasteiger charge is 2.29. The number of hydrogen-bond acceptors (Lipinski definition) is 2. The van der Waals surface area contributed by atoms with Crippen LogP contribution in [0.3, 0.4) is 0 Å². The molecule has 3 unspecified atom stereocenters. The molecule has 1 aromatic rings. The van der Waals surface area contributed by atoms with E-state index in [-0.39, 0.29) is 12.1 Å². The smallest absolute Gasteiger partial charge is 0.0719 e. The number of fused-ring (bicyclic) bond motifs is 1. The molecule has 0 aliphatic heterocycles. The molecule has 16 heavy (non-hydrogen) atoms. The zero-order valence-corrected chi connectivity index (χ0v) is 10.1. The van der Waals surface area contributed by atoms with Gasteiger partial charge >= 0.3 is 0 Å². The van der Waals surface area contributed by atoms with Gasteiger partial charge in [0.15, 0.2) is 0 Å². The summed E-state index contributed by atoms with van der Waals surface area (Å²) >= 11 is 0. The molecule has 0 heterocycles. The molecule has 1 aromatic carbocycles. The lowest BCUT2D eigenvalue weighted by Crippen LogP contribution is -2.38. The lowest BCUT2D eigenvalue weighted by molar-refractivity contribution is 0.0718. The summed E-state index contributed by atoms with van der Waals surface area (Å²) in [7, 11) is 1.75. The Labute approximate surface area is 97.8 Å². The summed E-state index contributed by atoms with van der Waals surface area (Å²) < 4.78 is 5.39. The maximum atomic E-state index is 6.18. The minimum Gasteiger partial charge on any atom is -0.380 e. The van der Waals surface area contributed by atoms with E-state index in [1.165, 1.54) is 17.5 Å². The Balaban J connectivity index is 1.93. The summed E-state index contributed by atoms with van der Waals surface area (Å²) in [5.74, 6) is 0.649. The van der Waals surface area contributed by atoms with Crippen molar-refractivity contribution in [3.8, 4) is 0 Å². The molecule has 3 atom stereocenters. The van der Waals surface area contributed by atoms with E-state index in [0.717, 1.165) is 12.8 Å². The van der Waals surface area contributed by atoms with E-state index in [1.54, 1.807) is 7.11 Å². The van der Waals surface area contributed by atoms with Crippen molar-refractivity contribution in [1.29, 1.82) is 0 Å². The van der Waals surface area contributed by atoms with Crippen molar-refractivity contribution in [3.63, 3.8) is 0 Å². The molecule has 0 amide bonds. The zero-order valence-electron chi connectivity index (χ0n) is 10.1. The van der Waals surface area contributed by atoms with E-state index < -0.39 is 0 Å². The number of benzene rings is 1. The van der Waals surface area contributed by atoms with E-state index in [9.17, 15) is 0 Å². The van der Waals surface area contributed by atoms with E-state index in [1.807, 2.05) is 0 Å². The van der Waals surface area contributed by atoms with Gasteiger partial charge in [0, 0.05) is 13.2 Å². The first kappa shape index (κ1) is 11.6. The van der Waals surface area contributed by atoms with E-state index >= 15 is 0 Å². The van der Waals surface area contributed by atoms with Gasteiger partial charge in [0.2, 0.25) is 0 Å². The van der Waals surface area contributed by atoms with Gasteiger partial charge in [0.05, 0.1) is 6.10 Å². The highest BCUT2D eigenvalue weighted by molar-refractivity contribution is 5.39. The molecule has 88 valence electrons. The summed E-state index contributed by atoms with van der Waals surface area (Å²) in [5, 5.41) is 0. The van der Waals surface area contributed by atoms with Crippen LogP contribution in [0, 0.1) is 0 Å². The lowest BCUT2D eigenvalue weighted by atomic mass is 9.74. The van der Waals surface area contributed by atoms with Crippen molar-refractivity contribution >= 4 is 0 Å². The molecule has 2 heteroatoms. The van der Waals surface area contributed by atoms with Crippen LogP contribution in [0.5, 0.6) is 0 Å². The fourth-order valence-corrected chi connectivity index (χ4v) is 2.70. The largest absolute Gasteiger partial charge is 0.380 e. The quantitative estimate of drug-likeness (QED) is 0.825. The Bertz CT molecular complexity index is 346. The Morgan fingerprint density at radius 1 is 1.44 bits per heavy atom. The summed E-state index contributed by atoms with van der Waals surface area (Å²) in [6.07, 6.45) is 3.42. The van der Waals surface area contributed by atoms with Gasteiger partial charge in [0.1, 0.15) is 0 Å². The van der Waals surface area contributed by atoms with Crippen LogP contribution in [0.4, 0.5) is 0 Å². The zero-order chi connectivity index (χ0) is 11.5. The Kier molecular flexibility index (Phi) is 3.62. The van der Waals surface area contributed by atoms with Crippen LogP contribution in [-0.4, -0.2) is 19.3 Å². The van der Waals surface area contributed by atoms with Gasteiger partial charge in [-0.1, -0.05) is 31.2 Å². The molecule has 0 bridgehead atoms. The van der Waals surface area contributed by atoms with Crippen molar-refractivity contribution < 1.29 is 4.74 Å². The van der Waals surface area contributed by atoms with Crippen molar-refractivity contribution in [2.75, 3.05) is 7.11 Å². The van der Waals surface area contributed by atoms with Crippen molar-refractivity contribution in [3.05, 3.63) is 35.4 Å². The molecule has 0 aromatic heterocycles. The van der Waals surface area contributed by atoms with Crippen LogP contribution < -0.4 is 5.73 Å². The fourth-order valence-electron chi connectivity index (χ4n) is 2.70. The number of hydrogen-bond donors (Lipinski definition) is 1.